The van der Waals surface area contributed by atoms with E-state index in [1.165, 1.54) is 6.07 Å². The first kappa shape index (κ1) is 25.4. The van der Waals surface area contributed by atoms with E-state index in [0.29, 0.717) is 43.4 Å². The van der Waals surface area contributed by atoms with Crippen molar-refractivity contribution in [2.24, 2.45) is 4.99 Å². The lowest BCUT2D eigenvalue weighted by atomic mass is 9.97. The van der Waals surface area contributed by atoms with E-state index in [2.05, 4.69) is 4.90 Å². The average molecular weight is 525 g/mol. The van der Waals surface area contributed by atoms with E-state index in [4.69, 9.17) is 9.73 Å². The molecule has 0 radical (unpaired) electrons. The number of ether oxygens (including phenoxy) is 1. The SMILES string of the molecule is COc1cccc(N2CCN(C3=Nc4ccccc4C(CC(=O)O)N3c3cccc(C(F)(F)F)c3)CC2)c1. The molecule has 1 saturated heterocycles. The minimum atomic E-state index is -4.54. The number of alkyl halides is 3. The number of aliphatic imine (C=N–C) groups is 1. The van der Waals surface area contributed by atoms with E-state index in [9.17, 15) is 23.1 Å². The topological polar surface area (TPSA) is 68.6 Å². The molecule has 0 amide bonds. The molecule has 10 heteroatoms. The number of para-hydroxylation sites is 1. The fourth-order valence-corrected chi connectivity index (χ4v) is 5.00. The number of carboxylic acid groups (broad SMARTS) is 1. The highest BCUT2D eigenvalue weighted by Gasteiger charge is 2.38. The van der Waals surface area contributed by atoms with Crippen LogP contribution in [0.2, 0.25) is 0 Å². The van der Waals surface area contributed by atoms with Crippen molar-refractivity contribution in [1.82, 2.24) is 4.90 Å². The van der Waals surface area contributed by atoms with Gasteiger partial charge in [0.1, 0.15) is 5.75 Å². The number of guanidine groups is 1. The normalized spacial score (nSPS) is 17.6. The minimum Gasteiger partial charge on any atom is -0.497 e. The molecule has 0 aromatic heterocycles. The molecule has 38 heavy (non-hydrogen) atoms. The van der Waals surface area contributed by atoms with Crippen molar-refractivity contribution in [3.05, 3.63) is 83.9 Å². The molecule has 2 aliphatic rings. The van der Waals surface area contributed by atoms with Crippen LogP contribution >= 0.6 is 0 Å². The molecule has 1 N–H and O–H groups in total. The standard InChI is InChI=1S/C28H27F3N4O3/c1-38-22-9-5-7-20(17-22)33-12-14-34(15-13-33)27-32-24-11-3-2-10-23(24)25(18-26(36)37)35(27)21-8-4-6-19(16-21)28(29,30)31/h2-11,16-17,25H,12-15,18H2,1H3,(H,36,37). The number of benzene rings is 3. The number of fused-ring (bicyclic) bond motifs is 1. The Labute approximate surface area is 218 Å². The number of rotatable bonds is 5. The molecule has 0 spiro atoms. The van der Waals surface area contributed by atoms with Crippen LogP contribution in [-0.2, 0) is 11.0 Å². The maximum Gasteiger partial charge on any atom is 0.416 e. The summed E-state index contributed by atoms with van der Waals surface area (Å²) in [5, 5.41) is 9.76. The van der Waals surface area contributed by atoms with Crippen LogP contribution < -0.4 is 14.5 Å². The summed E-state index contributed by atoms with van der Waals surface area (Å²) < 4.78 is 46.2. The third-order valence-corrected chi connectivity index (χ3v) is 6.84. The number of halogens is 3. The Hall–Kier alpha value is -4.21. The lowest BCUT2D eigenvalue weighted by Gasteiger charge is -2.45. The fourth-order valence-electron chi connectivity index (χ4n) is 5.00. The second-order valence-electron chi connectivity index (χ2n) is 9.18. The smallest absolute Gasteiger partial charge is 0.416 e. The summed E-state index contributed by atoms with van der Waals surface area (Å²) in [7, 11) is 1.62. The van der Waals surface area contributed by atoms with Crippen LogP contribution in [0.1, 0.15) is 23.6 Å². The van der Waals surface area contributed by atoms with Gasteiger partial charge in [-0.3, -0.25) is 4.79 Å². The summed E-state index contributed by atoms with van der Waals surface area (Å²) in [5.41, 5.74) is 1.73. The van der Waals surface area contributed by atoms with E-state index >= 15 is 0 Å². The zero-order valence-corrected chi connectivity index (χ0v) is 20.7. The lowest BCUT2D eigenvalue weighted by Crippen LogP contribution is -2.55. The Morgan fingerprint density at radius 3 is 2.34 bits per heavy atom. The van der Waals surface area contributed by atoms with Gasteiger partial charge in [-0.15, -0.1) is 0 Å². The van der Waals surface area contributed by atoms with Gasteiger partial charge in [-0.1, -0.05) is 30.3 Å². The van der Waals surface area contributed by atoms with Gasteiger partial charge in [0.15, 0.2) is 0 Å². The average Bonchev–Trinajstić information content (AvgIpc) is 2.92. The van der Waals surface area contributed by atoms with Gasteiger partial charge < -0.3 is 24.5 Å². The second kappa shape index (κ2) is 10.3. The van der Waals surface area contributed by atoms with Gasteiger partial charge in [0.25, 0.3) is 0 Å². The van der Waals surface area contributed by atoms with Crippen molar-refractivity contribution in [3.63, 3.8) is 0 Å². The molecule has 2 aliphatic heterocycles. The first-order chi connectivity index (χ1) is 18.2. The van der Waals surface area contributed by atoms with Crippen LogP contribution in [0, 0.1) is 0 Å². The first-order valence-electron chi connectivity index (χ1n) is 12.2. The largest absolute Gasteiger partial charge is 0.497 e. The summed E-state index contributed by atoms with van der Waals surface area (Å²) in [5.74, 6) is 0.149. The number of piperazine rings is 1. The van der Waals surface area contributed by atoms with Crippen LogP contribution in [0.5, 0.6) is 5.75 Å². The summed E-state index contributed by atoms with van der Waals surface area (Å²) in [6.07, 6.45) is -4.83. The molecule has 0 saturated carbocycles. The fraction of sp³-hybridized carbons (Fsp3) is 0.286. The summed E-state index contributed by atoms with van der Waals surface area (Å²) >= 11 is 0. The number of aliphatic carboxylic acids is 1. The lowest BCUT2D eigenvalue weighted by molar-refractivity contribution is -0.138. The Morgan fingerprint density at radius 1 is 0.947 bits per heavy atom. The van der Waals surface area contributed by atoms with Crippen LogP contribution in [-0.4, -0.2) is 55.2 Å². The van der Waals surface area contributed by atoms with Crippen molar-refractivity contribution in [2.75, 3.05) is 43.1 Å². The molecule has 0 bridgehead atoms. The van der Waals surface area contributed by atoms with Crippen LogP contribution in [0.3, 0.4) is 0 Å². The zero-order valence-electron chi connectivity index (χ0n) is 20.7. The molecule has 7 nitrogen and oxygen atoms in total. The summed E-state index contributed by atoms with van der Waals surface area (Å²) in [6, 6.07) is 19.2. The van der Waals surface area contributed by atoms with Gasteiger partial charge >= 0.3 is 12.1 Å². The molecule has 198 valence electrons. The molecule has 1 unspecified atom stereocenters. The number of hydrogen-bond acceptors (Lipinski definition) is 6. The highest BCUT2D eigenvalue weighted by molar-refractivity contribution is 6.01. The second-order valence-corrected chi connectivity index (χ2v) is 9.18. The third kappa shape index (κ3) is 5.11. The Kier molecular flexibility index (Phi) is 6.88. The maximum absolute atomic E-state index is 13.6. The van der Waals surface area contributed by atoms with Gasteiger partial charge in [0, 0.05) is 49.2 Å². The maximum atomic E-state index is 13.6. The predicted molar refractivity (Wildman–Crippen MR) is 139 cm³/mol. The van der Waals surface area contributed by atoms with E-state index in [0.717, 1.165) is 23.6 Å². The van der Waals surface area contributed by atoms with Crippen LogP contribution in [0.4, 0.5) is 30.2 Å². The predicted octanol–water partition coefficient (Wildman–Crippen LogP) is 5.56. The monoisotopic (exact) mass is 524 g/mol. The van der Waals surface area contributed by atoms with Crippen molar-refractivity contribution in [3.8, 4) is 5.75 Å². The van der Waals surface area contributed by atoms with Crippen molar-refractivity contribution in [1.29, 1.82) is 0 Å². The van der Waals surface area contributed by atoms with Crippen LogP contribution in [0.25, 0.3) is 0 Å². The summed E-state index contributed by atoms with van der Waals surface area (Å²) in [4.78, 5) is 22.7. The number of hydrogen-bond donors (Lipinski definition) is 1. The Balaban J connectivity index is 1.52. The van der Waals surface area contributed by atoms with Crippen molar-refractivity contribution >= 4 is 29.0 Å². The number of nitrogens with zero attached hydrogens (tertiary/aromatic N) is 4. The van der Waals surface area contributed by atoms with E-state index in [1.807, 2.05) is 35.2 Å². The van der Waals surface area contributed by atoms with Gasteiger partial charge in [0.05, 0.1) is 30.8 Å². The molecule has 1 atom stereocenters. The molecule has 5 rings (SSSR count). The Morgan fingerprint density at radius 2 is 1.63 bits per heavy atom. The zero-order chi connectivity index (χ0) is 26.9. The molecular formula is C28H27F3N4O3. The molecular weight excluding hydrogens is 497 g/mol. The van der Waals surface area contributed by atoms with Crippen molar-refractivity contribution < 1.29 is 27.8 Å². The number of carboxylic acids is 1. The van der Waals surface area contributed by atoms with E-state index < -0.39 is 23.8 Å². The van der Waals surface area contributed by atoms with Crippen LogP contribution in [0.15, 0.2) is 77.8 Å². The van der Waals surface area contributed by atoms with Crippen molar-refractivity contribution in [2.45, 2.75) is 18.6 Å². The van der Waals surface area contributed by atoms with Gasteiger partial charge in [0.2, 0.25) is 5.96 Å². The van der Waals surface area contributed by atoms with Gasteiger partial charge in [-0.2, -0.15) is 13.2 Å². The molecule has 2 heterocycles. The quantitative estimate of drug-likeness (QED) is 0.472. The molecule has 0 aliphatic carbocycles. The number of anilines is 2. The third-order valence-electron chi connectivity index (χ3n) is 6.84. The minimum absolute atomic E-state index is 0.245. The molecule has 3 aromatic rings. The van der Waals surface area contributed by atoms with Gasteiger partial charge in [-0.25, -0.2) is 4.99 Å². The molecule has 3 aromatic carbocycles. The highest BCUT2D eigenvalue weighted by atomic mass is 19.4. The van der Waals surface area contributed by atoms with E-state index in [1.54, 1.807) is 36.3 Å². The van der Waals surface area contributed by atoms with E-state index in [-0.39, 0.29) is 12.1 Å². The number of carbonyl (C=O) groups is 1. The first-order valence-corrected chi connectivity index (χ1v) is 12.2. The Bertz CT molecular complexity index is 1350. The van der Waals surface area contributed by atoms with Gasteiger partial charge in [-0.05, 0) is 36.4 Å². The highest BCUT2D eigenvalue weighted by Crippen LogP contribution is 2.42. The molecule has 1 fully saturated rings. The summed E-state index contributed by atoms with van der Waals surface area (Å²) in [6.45, 7) is 2.39. The number of methoxy groups -OCH3 is 1.